The molecule has 0 atom stereocenters. The van der Waals surface area contributed by atoms with Gasteiger partial charge in [-0.05, 0) is 17.5 Å². The number of hydrogen-bond donors (Lipinski definition) is 1. The fourth-order valence-corrected chi connectivity index (χ4v) is 2.25. The highest BCUT2D eigenvalue weighted by molar-refractivity contribution is 5.81. The Kier molecular flexibility index (Phi) is 5.39. The van der Waals surface area contributed by atoms with E-state index in [1.165, 1.54) is 16.6 Å². The first kappa shape index (κ1) is 14.1. The second-order valence-electron chi connectivity index (χ2n) is 4.51. The summed E-state index contributed by atoms with van der Waals surface area (Å²) in [6.07, 6.45) is 0. The van der Waals surface area contributed by atoms with Crippen molar-refractivity contribution in [1.29, 1.82) is 0 Å². The van der Waals surface area contributed by atoms with E-state index in [2.05, 4.69) is 40.2 Å². The Morgan fingerprint density at radius 1 is 1.11 bits per heavy atom. The van der Waals surface area contributed by atoms with Gasteiger partial charge in [0.25, 0.3) is 0 Å². The molecule has 4 nitrogen and oxygen atoms in total. The largest absolute Gasteiger partial charge is 0.383 e. The van der Waals surface area contributed by atoms with E-state index in [9.17, 15) is 0 Å². The molecule has 0 radical (unpaired) electrons. The van der Waals surface area contributed by atoms with Crippen molar-refractivity contribution in [3.63, 3.8) is 0 Å². The lowest BCUT2D eigenvalue weighted by Gasteiger charge is -2.11. The van der Waals surface area contributed by atoms with Crippen LogP contribution in [0.2, 0.25) is 0 Å². The summed E-state index contributed by atoms with van der Waals surface area (Å²) >= 11 is 0. The molecule has 104 valence electrons. The number of benzene rings is 1. The van der Waals surface area contributed by atoms with Gasteiger partial charge in [0.15, 0.2) is 0 Å². The maximum atomic E-state index is 5.20. The van der Waals surface area contributed by atoms with Crippen LogP contribution < -0.4 is 5.32 Å². The fourth-order valence-electron chi connectivity index (χ4n) is 2.25. The summed E-state index contributed by atoms with van der Waals surface area (Å²) in [5.41, 5.74) is 2.55. The standard InChI is InChI=1S/C15H22N2O2/c1-18-9-7-16-12-14-11-13-5-3-4-6-15(13)17(14)8-10-19-2/h3-6,11,16H,7-10,12H2,1-2H3. The summed E-state index contributed by atoms with van der Waals surface area (Å²) in [6.45, 7) is 4.05. The van der Waals surface area contributed by atoms with Crippen molar-refractivity contribution in [1.82, 2.24) is 9.88 Å². The summed E-state index contributed by atoms with van der Waals surface area (Å²) in [7, 11) is 3.46. The van der Waals surface area contributed by atoms with Crippen LogP contribution in [-0.4, -0.2) is 38.5 Å². The van der Waals surface area contributed by atoms with Gasteiger partial charge in [-0.15, -0.1) is 0 Å². The lowest BCUT2D eigenvalue weighted by Crippen LogP contribution is -2.21. The van der Waals surface area contributed by atoms with Gasteiger partial charge in [0, 0.05) is 45.1 Å². The van der Waals surface area contributed by atoms with Crippen LogP contribution in [0.15, 0.2) is 30.3 Å². The first-order valence-corrected chi connectivity index (χ1v) is 6.62. The molecule has 0 bridgehead atoms. The molecule has 1 aromatic heterocycles. The average molecular weight is 262 g/mol. The Balaban J connectivity index is 2.15. The molecule has 4 heteroatoms. The lowest BCUT2D eigenvalue weighted by atomic mass is 10.2. The minimum absolute atomic E-state index is 0.726. The number of nitrogens with one attached hydrogen (secondary N) is 1. The quantitative estimate of drug-likeness (QED) is 0.739. The van der Waals surface area contributed by atoms with Crippen LogP contribution in [-0.2, 0) is 22.6 Å². The molecule has 19 heavy (non-hydrogen) atoms. The summed E-state index contributed by atoms with van der Waals surface area (Å²) in [5, 5.41) is 4.67. The Labute approximate surface area is 114 Å². The second-order valence-corrected chi connectivity index (χ2v) is 4.51. The van der Waals surface area contributed by atoms with Gasteiger partial charge in [-0.1, -0.05) is 18.2 Å². The van der Waals surface area contributed by atoms with E-state index < -0.39 is 0 Å². The smallest absolute Gasteiger partial charge is 0.0642 e. The van der Waals surface area contributed by atoms with Crippen LogP contribution in [0.5, 0.6) is 0 Å². The van der Waals surface area contributed by atoms with E-state index in [0.29, 0.717) is 0 Å². The Bertz CT molecular complexity index is 508. The van der Waals surface area contributed by atoms with Crippen LogP contribution in [0, 0.1) is 0 Å². The van der Waals surface area contributed by atoms with Crippen LogP contribution >= 0.6 is 0 Å². The zero-order valence-corrected chi connectivity index (χ0v) is 11.7. The molecule has 0 amide bonds. The third-order valence-corrected chi connectivity index (χ3v) is 3.20. The molecule has 0 saturated carbocycles. The number of rotatable bonds is 8. The van der Waals surface area contributed by atoms with Crippen molar-refractivity contribution >= 4 is 10.9 Å². The molecule has 0 aliphatic carbocycles. The van der Waals surface area contributed by atoms with E-state index in [0.717, 1.165) is 32.8 Å². The molecule has 2 aromatic rings. The third-order valence-electron chi connectivity index (χ3n) is 3.20. The van der Waals surface area contributed by atoms with Crippen molar-refractivity contribution in [2.24, 2.45) is 0 Å². The van der Waals surface area contributed by atoms with E-state index in [1.807, 2.05) is 0 Å². The minimum atomic E-state index is 0.726. The molecule has 1 aromatic carbocycles. The molecule has 1 heterocycles. The van der Waals surface area contributed by atoms with Crippen molar-refractivity contribution in [2.45, 2.75) is 13.1 Å². The van der Waals surface area contributed by atoms with Gasteiger partial charge in [0.2, 0.25) is 0 Å². The molecule has 0 unspecified atom stereocenters. The van der Waals surface area contributed by atoms with Crippen molar-refractivity contribution in [3.8, 4) is 0 Å². The fraction of sp³-hybridized carbons (Fsp3) is 0.467. The highest BCUT2D eigenvalue weighted by Crippen LogP contribution is 2.19. The second kappa shape index (κ2) is 7.28. The van der Waals surface area contributed by atoms with Gasteiger partial charge in [0.05, 0.1) is 13.2 Å². The number of aromatic nitrogens is 1. The first-order valence-electron chi connectivity index (χ1n) is 6.62. The van der Waals surface area contributed by atoms with E-state index >= 15 is 0 Å². The maximum Gasteiger partial charge on any atom is 0.0642 e. The maximum absolute atomic E-state index is 5.20. The Morgan fingerprint density at radius 2 is 1.89 bits per heavy atom. The highest BCUT2D eigenvalue weighted by Gasteiger charge is 2.07. The molecule has 0 aliphatic rings. The van der Waals surface area contributed by atoms with E-state index in [4.69, 9.17) is 9.47 Å². The lowest BCUT2D eigenvalue weighted by molar-refractivity contribution is 0.187. The SMILES string of the molecule is COCCNCc1cc2ccccc2n1CCOC. The van der Waals surface area contributed by atoms with Gasteiger partial charge in [-0.2, -0.15) is 0 Å². The monoisotopic (exact) mass is 262 g/mol. The molecule has 0 saturated heterocycles. The summed E-state index contributed by atoms with van der Waals surface area (Å²) < 4.78 is 12.6. The topological polar surface area (TPSA) is 35.4 Å². The predicted octanol–water partition coefficient (Wildman–Crippen LogP) is 2.02. The van der Waals surface area contributed by atoms with Gasteiger partial charge in [0.1, 0.15) is 0 Å². The van der Waals surface area contributed by atoms with Gasteiger partial charge in [-0.3, -0.25) is 0 Å². The molecular weight excluding hydrogens is 240 g/mol. The number of para-hydroxylation sites is 1. The predicted molar refractivity (Wildman–Crippen MR) is 77.4 cm³/mol. The Morgan fingerprint density at radius 3 is 2.68 bits per heavy atom. The molecule has 1 N–H and O–H groups in total. The van der Waals surface area contributed by atoms with Crippen molar-refractivity contribution in [2.75, 3.05) is 34.0 Å². The molecular formula is C15H22N2O2. The van der Waals surface area contributed by atoms with Gasteiger partial charge < -0.3 is 19.4 Å². The summed E-state index contributed by atoms with van der Waals surface area (Å²) in [5.74, 6) is 0. The first-order chi connectivity index (χ1) is 9.36. The molecule has 0 fully saturated rings. The van der Waals surface area contributed by atoms with E-state index in [1.54, 1.807) is 14.2 Å². The number of hydrogen-bond acceptors (Lipinski definition) is 3. The Hall–Kier alpha value is -1.36. The van der Waals surface area contributed by atoms with Crippen LogP contribution in [0.1, 0.15) is 5.69 Å². The number of methoxy groups -OCH3 is 2. The third kappa shape index (κ3) is 3.56. The summed E-state index contributed by atoms with van der Waals surface area (Å²) in [6, 6.07) is 10.7. The molecule has 0 spiro atoms. The number of nitrogens with zero attached hydrogens (tertiary/aromatic N) is 1. The van der Waals surface area contributed by atoms with Crippen LogP contribution in [0.25, 0.3) is 10.9 Å². The number of ether oxygens (including phenoxy) is 2. The molecule has 0 aliphatic heterocycles. The normalized spacial score (nSPS) is 11.3. The van der Waals surface area contributed by atoms with Crippen LogP contribution in [0.4, 0.5) is 0 Å². The summed E-state index contributed by atoms with van der Waals surface area (Å²) in [4.78, 5) is 0. The van der Waals surface area contributed by atoms with Gasteiger partial charge in [-0.25, -0.2) is 0 Å². The van der Waals surface area contributed by atoms with Crippen molar-refractivity contribution < 1.29 is 9.47 Å². The molecule has 2 rings (SSSR count). The average Bonchev–Trinajstić information content (AvgIpc) is 2.79. The highest BCUT2D eigenvalue weighted by atomic mass is 16.5. The van der Waals surface area contributed by atoms with E-state index in [-0.39, 0.29) is 0 Å². The number of fused-ring (bicyclic) bond motifs is 1. The van der Waals surface area contributed by atoms with Crippen molar-refractivity contribution in [3.05, 3.63) is 36.0 Å². The van der Waals surface area contributed by atoms with Crippen LogP contribution in [0.3, 0.4) is 0 Å². The zero-order valence-electron chi connectivity index (χ0n) is 11.7. The zero-order chi connectivity index (χ0) is 13.5. The minimum Gasteiger partial charge on any atom is -0.383 e. The van der Waals surface area contributed by atoms with Gasteiger partial charge >= 0.3 is 0 Å².